The quantitative estimate of drug-likeness (QED) is 0.119. The molecule has 0 fully saturated rings. The van der Waals surface area contributed by atoms with E-state index in [1.807, 2.05) is 18.2 Å². The number of hydrogen-bond acceptors (Lipinski definition) is 6. The Hall–Kier alpha value is -4.37. The standard InChI is InChI=1S/C25H16BrN3O5/c26-19-8-3-7-18(14-19)24(30)28-27-15-16-11-12-23(22(13-16)29(32)33)34-25(31)21-10-4-6-17-5-1-2-9-20(17)21/h1-15H,(H,28,30)/b27-15+. The molecule has 8 nitrogen and oxygen atoms in total. The van der Waals surface area contributed by atoms with E-state index < -0.39 is 22.5 Å². The number of amides is 1. The van der Waals surface area contributed by atoms with Crippen molar-refractivity contribution in [3.8, 4) is 5.75 Å². The second-order valence-electron chi connectivity index (χ2n) is 7.11. The molecular weight excluding hydrogens is 502 g/mol. The van der Waals surface area contributed by atoms with Gasteiger partial charge in [-0.05, 0) is 47.2 Å². The molecule has 34 heavy (non-hydrogen) atoms. The molecule has 4 aromatic carbocycles. The van der Waals surface area contributed by atoms with Crippen LogP contribution in [0.15, 0.2) is 94.5 Å². The van der Waals surface area contributed by atoms with Gasteiger partial charge >= 0.3 is 11.7 Å². The molecule has 9 heteroatoms. The second-order valence-corrected chi connectivity index (χ2v) is 8.03. The lowest BCUT2D eigenvalue weighted by molar-refractivity contribution is -0.385. The summed E-state index contributed by atoms with van der Waals surface area (Å²) in [7, 11) is 0. The van der Waals surface area contributed by atoms with Crippen molar-refractivity contribution in [3.05, 3.63) is 116 Å². The maximum Gasteiger partial charge on any atom is 0.344 e. The highest BCUT2D eigenvalue weighted by Gasteiger charge is 2.20. The Morgan fingerprint density at radius 2 is 1.74 bits per heavy atom. The van der Waals surface area contributed by atoms with Crippen LogP contribution in [0.4, 0.5) is 5.69 Å². The molecule has 0 bridgehead atoms. The maximum atomic E-state index is 12.8. The van der Waals surface area contributed by atoms with Crippen molar-refractivity contribution in [2.24, 2.45) is 5.10 Å². The largest absolute Gasteiger partial charge is 0.416 e. The smallest absolute Gasteiger partial charge is 0.344 e. The van der Waals surface area contributed by atoms with Crippen LogP contribution in [-0.4, -0.2) is 23.0 Å². The van der Waals surface area contributed by atoms with E-state index in [1.54, 1.807) is 48.5 Å². The number of carbonyl (C=O) groups is 2. The number of halogens is 1. The first-order chi connectivity index (χ1) is 16.4. The minimum atomic E-state index is -0.706. The molecule has 0 saturated heterocycles. The zero-order chi connectivity index (χ0) is 24.1. The van der Waals surface area contributed by atoms with Crippen molar-refractivity contribution in [2.75, 3.05) is 0 Å². The third-order valence-corrected chi connectivity index (χ3v) is 5.35. The van der Waals surface area contributed by atoms with Crippen LogP contribution in [-0.2, 0) is 0 Å². The molecular formula is C25H16BrN3O5. The Kier molecular flexibility index (Phi) is 6.74. The van der Waals surface area contributed by atoms with Crippen LogP contribution in [0.25, 0.3) is 10.8 Å². The first-order valence-electron chi connectivity index (χ1n) is 10.00. The van der Waals surface area contributed by atoms with Gasteiger partial charge in [0.25, 0.3) is 5.91 Å². The zero-order valence-electron chi connectivity index (χ0n) is 17.5. The third kappa shape index (κ3) is 5.16. The first kappa shape index (κ1) is 22.8. The van der Waals surface area contributed by atoms with Gasteiger partial charge in [0.15, 0.2) is 0 Å². The maximum absolute atomic E-state index is 12.8. The van der Waals surface area contributed by atoms with Gasteiger partial charge in [-0.25, -0.2) is 10.2 Å². The van der Waals surface area contributed by atoms with Crippen LogP contribution in [0.1, 0.15) is 26.3 Å². The summed E-state index contributed by atoms with van der Waals surface area (Å²) in [5.74, 6) is -1.34. The van der Waals surface area contributed by atoms with E-state index in [4.69, 9.17) is 4.74 Å². The number of nitrogens with zero attached hydrogens (tertiary/aromatic N) is 2. The Morgan fingerprint density at radius 3 is 2.53 bits per heavy atom. The Labute approximate surface area is 202 Å². The fourth-order valence-corrected chi connectivity index (χ4v) is 3.66. The molecule has 0 heterocycles. The van der Waals surface area contributed by atoms with Gasteiger partial charge in [-0.3, -0.25) is 14.9 Å². The summed E-state index contributed by atoms with van der Waals surface area (Å²) in [6.07, 6.45) is 1.26. The predicted molar refractivity (Wildman–Crippen MR) is 131 cm³/mol. The molecule has 0 atom stereocenters. The summed E-state index contributed by atoms with van der Waals surface area (Å²) in [4.78, 5) is 35.9. The van der Waals surface area contributed by atoms with Crippen molar-refractivity contribution in [1.29, 1.82) is 0 Å². The summed E-state index contributed by atoms with van der Waals surface area (Å²) in [6, 6.07) is 23.2. The highest BCUT2D eigenvalue weighted by Crippen LogP contribution is 2.29. The van der Waals surface area contributed by atoms with Gasteiger partial charge < -0.3 is 4.74 Å². The average Bonchev–Trinajstić information content (AvgIpc) is 2.84. The van der Waals surface area contributed by atoms with Gasteiger partial charge in [0.05, 0.1) is 16.7 Å². The number of nitrogens with one attached hydrogen (secondary N) is 1. The second kappa shape index (κ2) is 10.1. The number of esters is 1. The zero-order valence-corrected chi connectivity index (χ0v) is 19.1. The monoisotopic (exact) mass is 517 g/mol. The van der Waals surface area contributed by atoms with E-state index in [-0.39, 0.29) is 5.75 Å². The number of hydrogen-bond donors (Lipinski definition) is 1. The van der Waals surface area contributed by atoms with Crippen LogP contribution in [0.3, 0.4) is 0 Å². The van der Waals surface area contributed by atoms with Gasteiger partial charge in [0.1, 0.15) is 0 Å². The Balaban J connectivity index is 1.52. The van der Waals surface area contributed by atoms with Crippen molar-refractivity contribution >= 4 is 50.5 Å². The molecule has 0 aliphatic carbocycles. The molecule has 1 N–H and O–H groups in total. The lowest BCUT2D eigenvalue weighted by atomic mass is 10.0. The molecule has 0 aliphatic rings. The van der Waals surface area contributed by atoms with E-state index in [0.29, 0.717) is 22.1 Å². The third-order valence-electron chi connectivity index (χ3n) is 4.86. The lowest BCUT2D eigenvalue weighted by Gasteiger charge is -2.08. The molecule has 4 rings (SSSR count). The minimum absolute atomic E-state index is 0.196. The Morgan fingerprint density at radius 1 is 0.971 bits per heavy atom. The summed E-state index contributed by atoms with van der Waals surface area (Å²) in [6.45, 7) is 0. The lowest BCUT2D eigenvalue weighted by Crippen LogP contribution is -2.17. The summed E-state index contributed by atoms with van der Waals surface area (Å²) in [5.41, 5.74) is 2.99. The number of nitro benzene ring substituents is 1. The highest BCUT2D eigenvalue weighted by atomic mass is 79.9. The molecule has 4 aromatic rings. The van der Waals surface area contributed by atoms with E-state index in [2.05, 4.69) is 26.5 Å². The minimum Gasteiger partial charge on any atom is -0.416 e. The van der Waals surface area contributed by atoms with Crippen LogP contribution < -0.4 is 10.2 Å². The van der Waals surface area contributed by atoms with E-state index in [0.717, 1.165) is 9.86 Å². The normalized spacial score (nSPS) is 10.9. The Bertz CT molecular complexity index is 1450. The van der Waals surface area contributed by atoms with Crippen LogP contribution in [0.5, 0.6) is 5.75 Å². The molecule has 1 amide bonds. The fourth-order valence-electron chi connectivity index (χ4n) is 3.26. The fraction of sp³-hybridized carbons (Fsp3) is 0. The molecule has 168 valence electrons. The van der Waals surface area contributed by atoms with Crippen LogP contribution in [0, 0.1) is 10.1 Å². The van der Waals surface area contributed by atoms with Crippen molar-refractivity contribution in [2.45, 2.75) is 0 Å². The number of hydrazone groups is 1. The molecule has 0 aliphatic heterocycles. The molecule has 0 radical (unpaired) electrons. The topological polar surface area (TPSA) is 111 Å². The predicted octanol–water partition coefficient (Wildman–Crippen LogP) is 5.49. The first-order valence-corrected chi connectivity index (χ1v) is 10.8. The van der Waals surface area contributed by atoms with Crippen molar-refractivity contribution in [3.63, 3.8) is 0 Å². The number of nitro groups is 1. The SMILES string of the molecule is O=C(N/N=C/c1ccc(OC(=O)c2cccc3ccccc23)c([N+](=O)[O-])c1)c1cccc(Br)c1. The van der Waals surface area contributed by atoms with Gasteiger partial charge in [-0.15, -0.1) is 0 Å². The van der Waals surface area contributed by atoms with Crippen LogP contribution >= 0.6 is 15.9 Å². The number of ether oxygens (including phenoxy) is 1. The number of fused-ring (bicyclic) bond motifs is 1. The molecule has 0 spiro atoms. The summed E-state index contributed by atoms with van der Waals surface area (Å²) < 4.78 is 6.11. The average molecular weight is 518 g/mol. The molecule has 0 aromatic heterocycles. The van der Waals surface area contributed by atoms with E-state index in [1.165, 1.54) is 24.4 Å². The summed E-state index contributed by atoms with van der Waals surface area (Å²) >= 11 is 3.29. The van der Waals surface area contributed by atoms with E-state index >= 15 is 0 Å². The van der Waals surface area contributed by atoms with Gasteiger partial charge in [0, 0.05) is 21.7 Å². The number of benzene rings is 4. The van der Waals surface area contributed by atoms with Crippen molar-refractivity contribution < 1.29 is 19.2 Å². The summed E-state index contributed by atoms with van der Waals surface area (Å²) in [5, 5.41) is 17.0. The van der Waals surface area contributed by atoms with Gasteiger partial charge in [-0.2, -0.15) is 5.10 Å². The van der Waals surface area contributed by atoms with Gasteiger partial charge in [-0.1, -0.05) is 58.4 Å². The van der Waals surface area contributed by atoms with Crippen molar-refractivity contribution in [1.82, 2.24) is 5.43 Å². The number of rotatable bonds is 6. The molecule has 0 unspecified atom stereocenters. The van der Waals surface area contributed by atoms with Gasteiger partial charge in [0.2, 0.25) is 5.75 Å². The molecule has 0 saturated carbocycles. The van der Waals surface area contributed by atoms with Crippen LogP contribution in [0.2, 0.25) is 0 Å². The highest BCUT2D eigenvalue weighted by molar-refractivity contribution is 9.10. The number of carbonyl (C=O) groups excluding carboxylic acids is 2. The van der Waals surface area contributed by atoms with E-state index in [9.17, 15) is 19.7 Å².